The van der Waals surface area contributed by atoms with Gasteiger partial charge in [-0.2, -0.15) is 0 Å². The summed E-state index contributed by atoms with van der Waals surface area (Å²) in [4.78, 5) is 23.5. The fraction of sp³-hybridized carbons (Fsp3) is 0.400. The van der Waals surface area contributed by atoms with Gasteiger partial charge in [-0.05, 0) is 44.1 Å². The average Bonchev–Trinajstić information content (AvgIpc) is 3.51. The summed E-state index contributed by atoms with van der Waals surface area (Å²) < 4.78 is 0. The van der Waals surface area contributed by atoms with Crippen molar-refractivity contribution in [3.8, 4) is 11.8 Å². The van der Waals surface area contributed by atoms with Gasteiger partial charge in [0.1, 0.15) is 5.01 Å². The third-order valence-electron chi connectivity index (χ3n) is 5.32. The summed E-state index contributed by atoms with van der Waals surface area (Å²) in [6.07, 6.45) is 6.00. The number of hydrogen-bond donors (Lipinski definition) is 3. The summed E-state index contributed by atoms with van der Waals surface area (Å²) in [7, 11) is 0. The van der Waals surface area contributed by atoms with E-state index in [0.717, 1.165) is 29.2 Å². The molecule has 0 saturated carbocycles. The molecule has 10 heteroatoms. The fourth-order valence-electron chi connectivity index (χ4n) is 3.47. The minimum atomic E-state index is -0.382. The molecule has 1 fully saturated rings. The fourth-order valence-corrected chi connectivity index (χ4v) is 4.27. The minimum absolute atomic E-state index is 0.115. The third-order valence-corrected chi connectivity index (χ3v) is 6.58. The van der Waals surface area contributed by atoms with Crippen LogP contribution in [0.3, 0.4) is 0 Å². The van der Waals surface area contributed by atoms with Crippen molar-refractivity contribution in [2.75, 3.05) is 42.1 Å². The molecule has 4 rings (SSSR count). The molecule has 0 bridgehead atoms. The van der Waals surface area contributed by atoms with Gasteiger partial charge in [-0.25, -0.2) is 14.8 Å². The molecule has 3 aromatic rings. The molecule has 0 aliphatic carbocycles. The first kappa shape index (κ1) is 24.6. The topological polar surface area (TPSA) is 108 Å². The average molecular weight is 491 g/mol. The Kier molecular flexibility index (Phi) is 7.90. The van der Waals surface area contributed by atoms with Crippen molar-refractivity contribution in [1.29, 1.82) is 0 Å². The molecule has 35 heavy (non-hydrogen) atoms. The van der Waals surface area contributed by atoms with Gasteiger partial charge < -0.3 is 15.5 Å². The highest BCUT2D eigenvalue weighted by molar-refractivity contribution is 7.15. The van der Waals surface area contributed by atoms with Crippen molar-refractivity contribution in [3.63, 3.8) is 0 Å². The molecule has 2 amide bonds. The number of anilines is 3. The zero-order valence-corrected chi connectivity index (χ0v) is 21.1. The number of nitrogens with one attached hydrogen (secondary N) is 3. The Balaban J connectivity index is 1.29. The van der Waals surface area contributed by atoms with Crippen molar-refractivity contribution in [1.82, 2.24) is 25.1 Å². The number of benzene rings is 1. The Morgan fingerprint density at radius 2 is 1.80 bits per heavy atom. The lowest BCUT2D eigenvalue weighted by Gasteiger charge is -2.14. The Morgan fingerprint density at radius 3 is 2.51 bits per heavy atom. The molecule has 1 saturated heterocycles. The Morgan fingerprint density at radius 1 is 1.06 bits per heavy atom. The molecule has 3 heterocycles. The van der Waals surface area contributed by atoms with Crippen LogP contribution in [0.4, 0.5) is 21.6 Å². The zero-order valence-electron chi connectivity index (χ0n) is 20.3. The largest absolute Gasteiger partial charge is 0.353 e. The highest BCUT2D eigenvalue weighted by Gasteiger charge is 2.20. The first-order valence-corrected chi connectivity index (χ1v) is 12.5. The van der Waals surface area contributed by atoms with E-state index in [1.165, 1.54) is 37.3 Å². The van der Waals surface area contributed by atoms with Gasteiger partial charge in [-0.15, -0.1) is 10.2 Å². The van der Waals surface area contributed by atoms with Crippen molar-refractivity contribution in [3.05, 3.63) is 52.8 Å². The zero-order chi connectivity index (χ0) is 24.7. The first-order valence-electron chi connectivity index (χ1n) is 11.7. The standard InChI is InChI=1S/C25H30N8OS/c1-25(2,3)21-31-32-24(35-21)30-23(34)29-20-8-6-7-18(15-20)9-10-19-16-27-22(28-17-19)26-11-14-33-12-4-5-13-33/h6-8,15-17H,4-5,11-14H2,1-3H3,(H,26,27,28)(H2,29,30,32,34). The van der Waals surface area contributed by atoms with Crippen LogP contribution >= 0.6 is 11.3 Å². The molecule has 0 spiro atoms. The van der Waals surface area contributed by atoms with Crippen molar-refractivity contribution < 1.29 is 4.79 Å². The maximum atomic E-state index is 12.4. The summed E-state index contributed by atoms with van der Waals surface area (Å²) in [5.41, 5.74) is 2.00. The van der Waals surface area contributed by atoms with E-state index in [1.807, 2.05) is 18.2 Å². The van der Waals surface area contributed by atoms with Crippen LogP contribution in [0.1, 0.15) is 49.7 Å². The lowest BCUT2D eigenvalue weighted by molar-refractivity contribution is 0.262. The molecule has 0 unspecified atom stereocenters. The normalized spacial score (nSPS) is 13.7. The maximum absolute atomic E-state index is 12.4. The Bertz CT molecular complexity index is 1200. The minimum Gasteiger partial charge on any atom is -0.353 e. The van der Waals surface area contributed by atoms with Gasteiger partial charge in [-0.3, -0.25) is 5.32 Å². The van der Waals surface area contributed by atoms with Crippen LogP contribution in [0.25, 0.3) is 0 Å². The monoisotopic (exact) mass is 490 g/mol. The van der Waals surface area contributed by atoms with E-state index in [0.29, 0.717) is 16.8 Å². The van der Waals surface area contributed by atoms with Crippen LogP contribution in [0.15, 0.2) is 36.7 Å². The molecule has 182 valence electrons. The number of hydrogen-bond acceptors (Lipinski definition) is 8. The van der Waals surface area contributed by atoms with Gasteiger partial charge in [0.05, 0.1) is 5.56 Å². The predicted octanol–water partition coefficient (Wildman–Crippen LogP) is 4.18. The maximum Gasteiger partial charge on any atom is 0.325 e. The van der Waals surface area contributed by atoms with E-state index in [9.17, 15) is 4.79 Å². The first-order chi connectivity index (χ1) is 16.8. The lowest BCUT2D eigenvalue weighted by atomic mass is 9.98. The number of carbonyl (C=O) groups excluding carboxylic acids is 1. The second-order valence-corrected chi connectivity index (χ2v) is 10.3. The van der Waals surface area contributed by atoms with Gasteiger partial charge in [0.25, 0.3) is 0 Å². The van der Waals surface area contributed by atoms with Crippen LogP contribution in [-0.4, -0.2) is 57.3 Å². The van der Waals surface area contributed by atoms with Crippen LogP contribution in [0.2, 0.25) is 0 Å². The van der Waals surface area contributed by atoms with Crippen LogP contribution in [0.5, 0.6) is 0 Å². The van der Waals surface area contributed by atoms with E-state index in [1.54, 1.807) is 18.5 Å². The van der Waals surface area contributed by atoms with Crippen molar-refractivity contribution in [2.24, 2.45) is 0 Å². The second kappa shape index (κ2) is 11.3. The van der Waals surface area contributed by atoms with Gasteiger partial charge in [0.2, 0.25) is 11.1 Å². The SMILES string of the molecule is CC(C)(C)c1nnc(NC(=O)Nc2cccc(C#Cc3cnc(NCCN4CCCC4)nc3)c2)s1. The number of nitrogens with zero attached hydrogens (tertiary/aromatic N) is 5. The summed E-state index contributed by atoms with van der Waals surface area (Å²) in [6, 6.07) is 6.95. The summed E-state index contributed by atoms with van der Waals surface area (Å²) >= 11 is 1.36. The van der Waals surface area contributed by atoms with E-state index >= 15 is 0 Å². The molecule has 2 aromatic heterocycles. The smallest absolute Gasteiger partial charge is 0.325 e. The molecule has 0 radical (unpaired) electrons. The number of urea groups is 1. The van der Waals surface area contributed by atoms with E-state index in [4.69, 9.17) is 0 Å². The summed E-state index contributed by atoms with van der Waals surface area (Å²) in [5.74, 6) is 6.77. The summed E-state index contributed by atoms with van der Waals surface area (Å²) in [5, 5.41) is 18.3. The van der Waals surface area contributed by atoms with Gasteiger partial charge in [0.15, 0.2) is 0 Å². The number of carbonyl (C=O) groups is 1. The number of aromatic nitrogens is 4. The molecule has 3 N–H and O–H groups in total. The number of amides is 2. The predicted molar refractivity (Wildman–Crippen MR) is 140 cm³/mol. The molecule has 1 aliphatic heterocycles. The van der Waals surface area contributed by atoms with Gasteiger partial charge >= 0.3 is 6.03 Å². The van der Waals surface area contributed by atoms with Gasteiger partial charge in [0, 0.05) is 42.1 Å². The highest BCUT2D eigenvalue weighted by atomic mass is 32.1. The molecule has 1 aliphatic rings. The van der Waals surface area contributed by atoms with E-state index in [-0.39, 0.29) is 11.4 Å². The Hall–Kier alpha value is -3.55. The lowest BCUT2D eigenvalue weighted by Crippen LogP contribution is -2.26. The van der Waals surface area contributed by atoms with Crippen LogP contribution in [0, 0.1) is 11.8 Å². The molecule has 1 aromatic carbocycles. The Labute approximate surface area is 209 Å². The molecule has 9 nitrogen and oxygen atoms in total. The third kappa shape index (κ3) is 7.47. The summed E-state index contributed by atoms with van der Waals surface area (Å²) in [6.45, 7) is 10.4. The van der Waals surface area contributed by atoms with E-state index in [2.05, 4.69) is 73.6 Å². The van der Waals surface area contributed by atoms with Crippen molar-refractivity contribution in [2.45, 2.75) is 39.0 Å². The molecular formula is C25H30N8OS. The number of likely N-dealkylation sites (tertiary alicyclic amines) is 1. The van der Waals surface area contributed by atoms with Crippen molar-refractivity contribution >= 4 is 34.1 Å². The molecule has 0 atom stereocenters. The van der Waals surface area contributed by atoms with Gasteiger partial charge in [-0.1, -0.05) is 50.0 Å². The molecular weight excluding hydrogens is 460 g/mol. The highest BCUT2D eigenvalue weighted by Crippen LogP contribution is 2.27. The van der Waals surface area contributed by atoms with Crippen LogP contribution < -0.4 is 16.0 Å². The van der Waals surface area contributed by atoms with E-state index < -0.39 is 0 Å². The number of rotatable bonds is 6. The van der Waals surface area contributed by atoms with Crippen LogP contribution in [-0.2, 0) is 5.41 Å². The quantitative estimate of drug-likeness (QED) is 0.445. The second-order valence-electron chi connectivity index (χ2n) is 9.34.